The smallest absolute Gasteiger partial charge is 0.251 e. The molecule has 1 aliphatic heterocycles. The Balaban J connectivity index is 1.59. The van der Waals surface area contributed by atoms with Crippen molar-refractivity contribution in [3.05, 3.63) is 61.5 Å². The van der Waals surface area contributed by atoms with E-state index in [2.05, 4.69) is 15.6 Å². The molecule has 7 nitrogen and oxygen atoms in total. The number of carbonyl (C=O) groups is 1. The number of benzene rings is 1. The largest absolute Gasteiger partial charge is 0.383 e. The molecule has 1 aliphatic carbocycles. The Bertz CT molecular complexity index is 1090. The number of amides is 1. The third-order valence-electron chi connectivity index (χ3n) is 6.80. The van der Waals surface area contributed by atoms with Gasteiger partial charge in [-0.3, -0.25) is 9.59 Å². The number of methoxy groups -OCH3 is 1. The van der Waals surface area contributed by atoms with Gasteiger partial charge >= 0.3 is 0 Å². The van der Waals surface area contributed by atoms with Crippen molar-refractivity contribution in [2.75, 3.05) is 38.7 Å². The van der Waals surface area contributed by atoms with Crippen molar-refractivity contribution >= 4 is 34.8 Å². The molecule has 2 heterocycles. The van der Waals surface area contributed by atoms with E-state index in [0.29, 0.717) is 41.8 Å². The molecular weight excluding hydrogens is 475 g/mol. The normalized spacial score (nSPS) is 20.2. The first-order valence-corrected chi connectivity index (χ1v) is 12.6. The first kappa shape index (κ1) is 25.0. The molecule has 3 N–H and O–H groups in total. The van der Waals surface area contributed by atoms with Gasteiger partial charge in [0, 0.05) is 50.2 Å². The molecule has 2 fully saturated rings. The first-order chi connectivity index (χ1) is 16.4. The highest BCUT2D eigenvalue weighted by molar-refractivity contribution is 6.42. The topological polar surface area (TPSA) is 86.5 Å². The third-order valence-corrected chi connectivity index (χ3v) is 7.64. The third kappa shape index (κ3) is 5.60. The van der Waals surface area contributed by atoms with Crippen molar-refractivity contribution in [3.8, 4) is 0 Å². The summed E-state index contributed by atoms with van der Waals surface area (Å²) in [7, 11) is 1.65. The second kappa shape index (κ2) is 11.1. The summed E-state index contributed by atoms with van der Waals surface area (Å²) in [6, 6.07) is 5.91. The number of aromatic nitrogens is 1. The van der Waals surface area contributed by atoms with Crippen molar-refractivity contribution in [2.45, 2.75) is 44.7 Å². The average molecular weight is 507 g/mol. The van der Waals surface area contributed by atoms with Gasteiger partial charge in [0.2, 0.25) is 5.91 Å². The van der Waals surface area contributed by atoms with Gasteiger partial charge in [-0.2, -0.15) is 0 Å². The van der Waals surface area contributed by atoms with Crippen LogP contribution in [0.2, 0.25) is 10.0 Å². The Morgan fingerprint density at radius 3 is 2.79 bits per heavy atom. The average Bonchev–Trinajstić information content (AvgIpc) is 3.67. The molecule has 2 aliphatic rings. The zero-order valence-electron chi connectivity index (χ0n) is 19.6. The monoisotopic (exact) mass is 506 g/mol. The van der Waals surface area contributed by atoms with E-state index in [1.54, 1.807) is 19.4 Å². The van der Waals surface area contributed by atoms with Gasteiger partial charge in [-0.15, -0.1) is 0 Å². The highest BCUT2D eigenvalue weighted by Crippen LogP contribution is 2.38. The highest BCUT2D eigenvalue weighted by Gasteiger charge is 2.40. The van der Waals surface area contributed by atoms with Crippen LogP contribution in [0.1, 0.15) is 41.9 Å². The van der Waals surface area contributed by atoms with Crippen molar-refractivity contribution < 1.29 is 9.53 Å². The number of anilines is 1. The van der Waals surface area contributed by atoms with Gasteiger partial charge < -0.3 is 25.3 Å². The summed E-state index contributed by atoms with van der Waals surface area (Å²) >= 11 is 13.0. The van der Waals surface area contributed by atoms with E-state index in [9.17, 15) is 9.59 Å². The molecule has 1 saturated heterocycles. The molecule has 1 aromatic carbocycles. The Hall–Kier alpha value is -2.06. The van der Waals surface area contributed by atoms with Crippen molar-refractivity contribution in [2.24, 2.45) is 5.92 Å². The van der Waals surface area contributed by atoms with Crippen molar-refractivity contribution in [1.82, 2.24) is 15.2 Å². The zero-order chi connectivity index (χ0) is 24.2. The molecule has 2 aromatic rings. The van der Waals surface area contributed by atoms with Crippen LogP contribution in [-0.4, -0.2) is 55.2 Å². The molecule has 9 heteroatoms. The zero-order valence-corrected chi connectivity index (χ0v) is 21.1. The maximum atomic E-state index is 13.9. The molecule has 0 radical (unpaired) electrons. The number of piperidine rings is 1. The Morgan fingerprint density at radius 1 is 1.26 bits per heavy atom. The van der Waals surface area contributed by atoms with Crippen LogP contribution in [0.4, 0.5) is 5.69 Å². The van der Waals surface area contributed by atoms with Crippen LogP contribution in [0.5, 0.6) is 0 Å². The number of hydrogen-bond acceptors (Lipinski definition) is 5. The van der Waals surface area contributed by atoms with Crippen LogP contribution in [0.25, 0.3) is 0 Å². The summed E-state index contributed by atoms with van der Waals surface area (Å²) in [5, 5.41) is 7.60. The van der Waals surface area contributed by atoms with Gasteiger partial charge in [-0.1, -0.05) is 23.2 Å². The summed E-state index contributed by atoms with van der Waals surface area (Å²) in [6.45, 7) is 4.86. The van der Waals surface area contributed by atoms with Crippen molar-refractivity contribution in [1.29, 1.82) is 0 Å². The minimum atomic E-state index is -0.243. The van der Waals surface area contributed by atoms with Gasteiger partial charge in [0.1, 0.15) is 0 Å². The Morgan fingerprint density at radius 2 is 2.06 bits per heavy atom. The van der Waals surface area contributed by atoms with Crippen LogP contribution in [-0.2, 0) is 16.1 Å². The van der Waals surface area contributed by atoms with E-state index in [0.717, 1.165) is 42.6 Å². The lowest BCUT2D eigenvalue weighted by Gasteiger charge is -2.36. The fraction of sp³-hybridized carbons (Fsp3) is 0.520. The Labute approximate surface area is 210 Å². The minimum absolute atomic E-state index is 0.00148. The number of hydrogen-bond donors (Lipinski definition) is 3. The van der Waals surface area contributed by atoms with E-state index < -0.39 is 0 Å². The number of rotatable bonds is 9. The number of nitrogens with zero attached hydrogens (tertiary/aromatic N) is 1. The summed E-state index contributed by atoms with van der Waals surface area (Å²) in [5.74, 6) is -0.144. The van der Waals surface area contributed by atoms with E-state index in [4.69, 9.17) is 27.9 Å². The highest BCUT2D eigenvalue weighted by atomic mass is 35.5. The molecule has 4 rings (SSSR count). The van der Waals surface area contributed by atoms with E-state index in [1.165, 1.54) is 0 Å². The SMILES string of the molecule is COCCNc1cc(Cl)c(Cl)c(CN(C(=O)C2CNCCC2c2cc[nH]c(=O)c2C)C2CC2)c1. The van der Waals surface area contributed by atoms with Crippen LogP contribution >= 0.6 is 23.2 Å². The second-order valence-corrected chi connectivity index (χ2v) is 9.93. The summed E-state index contributed by atoms with van der Waals surface area (Å²) in [4.78, 5) is 30.9. The molecule has 1 aromatic heterocycles. The van der Waals surface area contributed by atoms with Crippen LogP contribution < -0.4 is 16.2 Å². The number of halogens is 2. The molecular formula is C25H32Cl2N4O3. The number of aromatic amines is 1. The lowest BCUT2D eigenvalue weighted by molar-refractivity contribution is -0.138. The first-order valence-electron chi connectivity index (χ1n) is 11.8. The number of H-pyrrole nitrogens is 1. The number of ether oxygens (including phenoxy) is 1. The maximum absolute atomic E-state index is 13.9. The van der Waals surface area contributed by atoms with Crippen LogP contribution in [0, 0.1) is 12.8 Å². The van der Waals surface area contributed by atoms with Gasteiger partial charge in [0.15, 0.2) is 0 Å². The molecule has 2 unspecified atom stereocenters. The predicted molar refractivity (Wildman–Crippen MR) is 136 cm³/mol. The van der Waals surface area contributed by atoms with E-state index >= 15 is 0 Å². The molecule has 1 saturated carbocycles. The summed E-state index contributed by atoms with van der Waals surface area (Å²) < 4.78 is 5.11. The molecule has 184 valence electrons. The standard InChI is InChI=1S/C25H32Cl2N4O3/c1-15-19(6-8-30-24(15)32)20-5-7-28-13-21(20)25(33)31(18-3-4-18)14-16-11-17(29-9-10-34-2)12-22(26)23(16)27/h6,8,11-12,18,20-21,28-29H,3-5,7,9-10,13-14H2,1-2H3,(H,30,32). The van der Waals surface area contributed by atoms with Gasteiger partial charge in [-0.25, -0.2) is 0 Å². The van der Waals surface area contributed by atoms with Gasteiger partial charge in [0.05, 0.1) is 22.6 Å². The maximum Gasteiger partial charge on any atom is 0.251 e. The second-order valence-electron chi connectivity index (χ2n) is 9.14. The lowest BCUT2D eigenvalue weighted by Crippen LogP contribution is -2.47. The lowest BCUT2D eigenvalue weighted by atomic mass is 9.79. The predicted octanol–water partition coefficient (Wildman–Crippen LogP) is 3.93. The fourth-order valence-corrected chi connectivity index (χ4v) is 5.20. The molecule has 1 amide bonds. The molecule has 0 spiro atoms. The molecule has 34 heavy (non-hydrogen) atoms. The van der Waals surface area contributed by atoms with E-state index in [-0.39, 0.29) is 29.3 Å². The van der Waals surface area contributed by atoms with E-state index in [1.807, 2.05) is 24.0 Å². The minimum Gasteiger partial charge on any atom is -0.383 e. The number of carbonyl (C=O) groups excluding carboxylic acids is 1. The molecule has 2 atom stereocenters. The van der Waals surface area contributed by atoms with Gasteiger partial charge in [0.25, 0.3) is 5.56 Å². The quantitative estimate of drug-likeness (QED) is 0.448. The fourth-order valence-electron chi connectivity index (χ4n) is 4.79. The summed E-state index contributed by atoms with van der Waals surface area (Å²) in [6.07, 6.45) is 4.46. The van der Waals surface area contributed by atoms with Crippen molar-refractivity contribution in [3.63, 3.8) is 0 Å². The molecule has 0 bridgehead atoms. The summed E-state index contributed by atoms with van der Waals surface area (Å²) in [5.41, 5.74) is 3.23. The Kier molecular flexibility index (Phi) is 8.19. The van der Waals surface area contributed by atoms with Crippen LogP contribution in [0.15, 0.2) is 29.2 Å². The van der Waals surface area contributed by atoms with Crippen LogP contribution in [0.3, 0.4) is 0 Å². The number of nitrogens with one attached hydrogen (secondary N) is 3. The van der Waals surface area contributed by atoms with Gasteiger partial charge in [-0.05, 0) is 68.0 Å². The number of pyridine rings is 1.